The molecule has 124 valence electrons. The number of hydrogen-bond acceptors (Lipinski definition) is 5. The molecule has 0 bridgehead atoms. The third-order valence-electron chi connectivity index (χ3n) is 3.52. The summed E-state index contributed by atoms with van der Waals surface area (Å²) in [7, 11) is 0. The van der Waals surface area contributed by atoms with Crippen molar-refractivity contribution in [2.24, 2.45) is 0 Å². The molecule has 1 aromatic heterocycles. The van der Waals surface area contributed by atoms with Crippen molar-refractivity contribution >= 4 is 28.3 Å². The van der Waals surface area contributed by atoms with E-state index in [-0.39, 0.29) is 5.97 Å². The summed E-state index contributed by atoms with van der Waals surface area (Å²) in [5, 5.41) is 12.4. The second-order valence-corrected chi connectivity index (χ2v) is 5.22. The normalized spacial score (nSPS) is 11.1. The first-order chi connectivity index (χ1) is 12.2. The van der Waals surface area contributed by atoms with Gasteiger partial charge in [0, 0.05) is 11.9 Å². The van der Waals surface area contributed by atoms with Crippen LogP contribution in [-0.2, 0) is 4.74 Å². The number of nitrogens with one attached hydrogen (secondary N) is 2. The predicted molar refractivity (Wildman–Crippen MR) is 95.7 cm³/mol. The van der Waals surface area contributed by atoms with Gasteiger partial charge in [0.1, 0.15) is 11.6 Å². The molecular weight excluding hydrogens is 316 g/mol. The van der Waals surface area contributed by atoms with Gasteiger partial charge in [0.05, 0.1) is 23.2 Å². The van der Waals surface area contributed by atoms with Crippen molar-refractivity contribution in [2.75, 3.05) is 11.9 Å². The monoisotopic (exact) mass is 332 g/mol. The zero-order valence-electron chi connectivity index (χ0n) is 13.6. The van der Waals surface area contributed by atoms with Crippen LogP contribution < -0.4 is 5.32 Å². The number of carbonyl (C=O) groups is 1. The number of allylic oxidation sites excluding steroid dienone is 1. The number of benzene rings is 2. The summed E-state index contributed by atoms with van der Waals surface area (Å²) >= 11 is 0. The predicted octanol–water partition coefficient (Wildman–Crippen LogP) is 3.72. The fourth-order valence-electron chi connectivity index (χ4n) is 2.34. The highest BCUT2D eigenvalue weighted by molar-refractivity contribution is 5.90. The first-order valence-electron chi connectivity index (χ1n) is 7.80. The van der Waals surface area contributed by atoms with Crippen molar-refractivity contribution in [3.63, 3.8) is 0 Å². The van der Waals surface area contributed by atoms with Gasteiger partial charge in [-0.05, 0) is 37.3 Å². The molecule has 0 fully saturated rings. The van der Waals surface area contributed by atoms with Crippen LogP contribution >= 0.6 is 0 Å². The molecule has 0 saturated heterocycles. The van der Waals surface area contributed by atoms with Crippen LogP contribution in [0, 0.1) is 11.3 Å². The zero-order valence-corrected chi connectivity index (χ0v) is 13.6. The molecule has 6 heteroatoms. The Labute approximate surface area is 144 Å². The Morgan fingerprint density at radius 1 is 1.32 bits per heavy atom. The lowest BCUT2D eigenvalue weighted by Gasteiger charge is -2.05. The number of rotatable bonds is 5. The van der Waals surface area contributed by atoms with Crippen molar-refractivity contribution < 1.29 is 9.53 Å². The number of hydrogen-bond donors (Lipinski definition) is 2. The molecule has 0 unspecified atom stereocenters. The maximum atomic E-state index is 11.8. The molecule has 3 aromatic rings. The average molecular weight is 332 g/mol. The van der Waals surface area contributed by atoms with E-state index in [0.29, 0.717) is 29.3 Å². The van der Waals surface area contributed by atoms with Crippen LogP contribution in [0.5, 0.6) is 0 Å². The van der Waals surface area contributed by atoms with E-state index >= 15 is 0 Å². The van der Waals surface area contributed by atoms with Crippen molar-refractivity contribution in [1.82, 2.24) is 9.97 Å². The summed E-state index contributed by atoms with van der Waals surface area (Å²) in [6, 6.07) is 16.6. The van der Waals surface area contributed by atoms with Crippen LogP contribution in [0.15, 0.2) is 54.7 Å². The number of aromatic amines is 1. The second-order valence-electron chi connectivity index (χ2n) is 5.22. The van der Waals surface area contributed by atoms with Gasteiger partial charge in [0.2, 0.25) is 0 Å². The van der Waals surface area contributed by atoms with E-state index in [0.717, 1.165) is 11.0 Å². The summed E-state index contributed by atoms with van der Waals surface area (Å²) in [6.45, 7) is 2.08. The minimum atomic E-state index is -0.382. The van der Waals surface area contributed by atoms with Gasteiger partial charge < -0.3 is 15.0 Å². The molecule has 25 heavy (non-hydrogen) atoms. The highest BCUT2D eigenvalue weighted by atomic mass is 16.5. The van der Waals surface area contributed by atoms with Crippen LogP contribution in [0.1, 0.15) is 23.1 Å². The summed E-state index contributed by atoms with van der Waals surface area (Å²) < 4.78 is 4.98. The second kappa shape index (κ2) is 7.32. The Balaban J connectivity index is 1.83. The molecular formula is C19H16N4O2. The lowest BCUT2D eigenvalue weighted by atomic mass is 10.2. The molecule has 0 spiro atoms. The van der Waals surface area contributed by atoms with Gasteiger partial charge in [0.25, 0.3) is 0 Å². The topological polar surface area (TPSA) is 90.8 Å². The van der Waals surface area contributed by atoms with E-state index in [1.165, 1.54) is 0 Å². The fourth-order valence-corrected chi connectivity index (χ4v) is 2.34. The number of fused-ring (bicyclic) bond motifs is 1. The van der Waals surface area contributed by atoms with Gasteiger partial charge >= 0.3 is 5.97 Å². The maximum Gasteiger partial charge on any atom is 0.338 e. The molecule has 0 aliphatic carbocycles. The molecule has 0 saturated carbocycles. The van der Waals surface area contributed by atoms with Crippen LogP contribution in [0.3, 0.4) is 0 Å². The average Bonchev–Trinajstić information content (AvgIpc) is 3.06. The van der Waals surface area contributed by atoms with Gasteiger partial charge in [-0.25, -0.2) is 9.78 Å². The van der Waals surface area contributed by atoms with Gasteiger partial charge in [-0.3, -0.25) is 0 Å². The first-order valence-corrected chi connectivity index (χ1v) is 7.80. The number of H-pyrrole nitrogens is 1. The quantitative estimate of drug-likeness (QED) is 0.549. The van der Waals surface area contributed by atoms with Crippen molar-refractivity contribution in [3.05, 3.63) is 66.1 Å². The molecule has 0 amide bonds. The van der Waals surface area contributed by atoms with Crippen LogP contribution in [0.25, 0.3) is 16.6 Å². The van der Waals surface area contributed by atoms with Gasteiger partial charge in [-0.15, -0.1) is 0 Å². The van der Waals surface area contributed by atoms with Crippen LogP contribution in [-0.4, -0.2) is 22.5 Å². The summed E-state index contributed by atoms with van der Waals surface area (Å²) in [4.78, 5) is 19.3. The summed E-state index contributed by atoms with van der Waals surface area (Å²) in [5.74, 6) is 0.102. The number of imidazole rings is 1. The number of esters is 1. The number of anilines is 1. The fraction of sp³-hybridized carbons (Fsp3) is 0.105. The largest absolute Gasteiger partial charge is 0.462 e. The van der Waals surface area contributed by atoms with Crippen molar-refractivity contribution in [1.29, 1.82) is 5.26 Å². The Bertz CT molecular complexity index is 949. The molecule has 0 aliphatic heterocycles. The molecule has 2 aromatic carbocycles. The number of nitriles is 1. The molecule has 2 N–H and O–H groups in total. The highest BCUT2D eigenvalue weighted by Gasteiger charge is 2.08. The Hall–Kier alpha value is -3.59. The third-order valence-corrected chi connectivity index (χ3v) is 3.52. The van der Waals surface area contributed by atoms with E-state index in [1.54, 1.807) is 37.4 Å². The SMILES string of the molecule is CCOC(=O)c1cccc(N/C=C(\C#N)c2nc3ccccc3[nH]2)c1. The van der Waals surface area contributed by atoms with Gasteiger partial charge in [0.15, 0.2) is 5.82 Å². The number of aromatic nitrogens is 2. The first kappa shape index (κ1) is 16.3. The molecule has 0 aliphatic rings. The van der Waals surface area contributed by atoms with Crippen LogP contribution in [0.2, 0.25) is 0 Å². The Kier molecular flexibility index (Phi) is 4.77. The third kappa shape index (κ3) is 3.67. The summed E-state index contributed by atoms with van der Waals surface area (Å²) in [6.07, 6.45) is 1.56. The molecule has 0 atom stereocenters. The minimum absolute atomic E-state index is 0.320. The van der Waals surface area contributed by atoms with E-state index < -0.39 is 0 Å². The van der Waals surface area contributed by atoms with E-state index in [1.807, 2.05) is 24.3 Å². The Morgan fingerprint density at radius 3 is 2.92 bits per heavy atom. The number of carbonyl (C=O) groups excluding carboxylic acids is 1. The zero-order chi connectivity index (χ0) is 17.6. The maximum absolute atomic E-state index is 11.8. The number of ether oxygens (including phenoxy) is 1. The number of nitrogens with zero attached hydrogens (tertiary/aromatic N) is 2. The Morgan fingerprint density at radius 2 is 2.16 bits per heavy atom. The van der Waals surface area contributed by atoms with Crippen LogP contribution in [0.4, 0.5) is 5.69 Å². The van der Waals surface area contributed by atoms with Crippen molar-refractivity contribution in [3.8, 4) is 6.07 Å². The van der Waals surface area contributed by atoms with E-state index in [2.05, 4.69) is 21.4 Å². The highest BCUT2D eigenvalue weighted by Crippen LogP contribution is 2.18. The van der Waals surface area contributed by atoms with E-state index in [9.17, 15) is 10.1 Å². The smallest absolute Gasteiger partial charge is 0.338 e. The number of para-hydroxylation sites is 2. The lowest BCUT2D eigenvalue weighted by Crippen LogP contribution is -2.04. The molecule has 3 rings (SSSR count). The van der Waals surface area contributed by atoms with E-state index in [4.69, 9.17) is 4.74 Å². The van der Waals surface area contributed by atoms with Crippen molar-refractivity contribution in [2.45, 2.75) is 6.92 Å². The minimum Gasteiger partial charge on any atom is -0.462 e. The van der Waals surface area contributed by atoms with Gasteiger partial charge in [-0.2, -0.15) is 5.26 Å². The summed E-state index contributed by atoms with van der Waals surface area (Å²) in [5.41, 5.74) is 3.14. The van der Waals surface area contributed by atoms with Gasteiger partial charge in [-0.1, -0.05) is 18.2 Å². The molecule has 6 nitrogen and oxygen atoms in total. The lowest BCUT2D eigenvalue weighted by molar-refractivity contribution is 0.0526. The molecule has 1 heterocycles. The standard InChI is InChI=1S/C19H16N4O2/c1-2-25-19(24)13-6-5-7-15(10-13)21-12-14(11-20)18-22-16-8-3-4-9-17(16)23-18/h3-10,12,21H,2H2,1H3,(H,22,23)/b14-12+. The molecule has 0 radical (unpaired) electrons.